The third-order valence-electron chi connectivity index (χ3n) is 2.25. The maximum atomic E-state index is 11.5. The molecule has 1 aromatic carbocycles. The normalized spacial score (nSPS) is 9.67. The van der Waals surface area contributed by atoms with E-state index in [1.807, 2.05) is 6.07 Å². The molecular formula is C13H15N3O2. The molecule has 0 unspecified atom stereocenters. The zero-order valence-corrected chi connectivity index (χ0v) is 10.4. The van der Waals surface area contributed by atoms with Crippen LogP contribution in [0.25, 0.3) is 0 Å². The molecule has 18 heavy (non-hydrogen) atoms. The zero-order chi connectivity index (χ0) is 13.5. The second kappa shape index (κ2) is 6.40. The molecule has 0 saturated carbocycles. The number of hydrogen-bond donors (Lipinski definition) is 2. The van der Waals surface area contributed by atoms with Gasteiger partial charge < -0.3 is 10.6 Å². The third-order valence-corrected chi connectivity index (χ3v) is 2.25. The van der Waals surface area contributed by atoms with Gasteiger partial charge in [-0.2, -0.15) is 5.26 Å². The van der Waals surface area contributed by atoms with Gasteiger partial charge in [0.05, 0.1) is 18.2 Å². The molecule has 2 N–H and O–H groups in total. The molecule has 0 fully saturated rings. The first-order valence-corrected chi connectivity index (χ1v) is 5.60. The molecule has 2 amide bonds. The van der Waals surface area contributed by atoms with Crippen molar-refractivity contribution >= 4 is 17.5 Å². The number of nitriles is 1. The third kappa shape index (κ3) is 4.26. The maximum Gasteiger partial charge on any atom is 0.243 e. The summed E-state index contributed by atoms with van der Waals surface area (Å²) in [6.07, 6.45) is 0. The molecule has 94 valence electrons. The van der Waals surface area contributed by atoms with Crippen LogP contribution in [0.15, 0.2) is 24.3 Å². The number of carbonyl (C=O) groups is 2. The summed E-state index contributed by atoms with van der Waals surface area (Å²) < 4.78 is 0. The molecule has 5 heteroatoms. The molecule has 0 aliphatic carbocycles. The summed E-state index contributed by atoms with van der Waals surface area (Å²) in [6.45, 7) is 3.46. The van der Waals surface area contributed by atoms with E-state index >= 15 is 0 Å². The molecule has 0 aromatic heterocycles. The lowest BCUT2D eigenvalue weighted by atomic mass is 10.2. The van der Waals surface area contributed by atoms with Crippen molar-refractivity contribution in [2.75, 3.05) is 11.9 Å². The van der Waals surface area contributed by atoms with Gasteiger partial charge in [-0.05, 0) is 24.3 Å². The fourth-order valence-electron chi connectivity index (χ4n) is 1.20. The molecular weight excluding hydrogens is 230 g/mol. The van der Waals surface area contributed by atoms with Gasteiger partial charge >= 0.3 is 0 Å². The number of hydrogen-bond acceptors (Lipinski definition) is 3. The Morgan fingerprint density at radius 3 is 2.39 bits per heavy atom. The highest BCUT2D eigenvalue weighted by Gasteiger charge is 2.08. The van der Waals surface area contributed by atoms with Crippen molar-refractivity contribution in [3.05, 3.63) is 29.8 Å². The van der Waals surface area contributed by atoms with Crippen LogP contribution in [0.1, 0.15) is 19.4 Å². The van der Waals surface area contributed by atoms with E-state index in [1.165, 1.54) is 0 Å². The van der Waals surface area contributed by atoms with Crippen molar-refractivity contribution in [3.8, 4) is 6.07 Å². The van der Waals surface area contributed by atoms with E-state index in [0.717, 1.165) is 0 Å². The number of carbonyl (C=O) groups excluding carboxylic acids is 2. The van der Waals surface area contributed by atoms with Crippen LogP contribution < -0.4 is 10.6 Å². The molecule has 0 aliphatic rings. The highest BCUT2D eigenvalue weighted by Crippen LogP contribution is 2.08. The minimum absolute atomic E-state index is 0.0585. The Hall–Kier alpha value is -2.35. The molecule has 0 heterocycles. The smallest absolute Gasteiger partial charge is 0.243 e. The van der Waals surface area contributed by atoms with Crippen LogP contribution in [0.5, 0.6) is 0 Å². The monoisotopic (exact) mass is 245 g/mol. The molecule has 0 atom stereocenters. The summed E-state index contributed by atoms with van der Waals surface area (Å²) in [6, 6.07) is 8.50. The fourth-order valence-corrected chi connectivity index (χ4v) is 1.20. The van der Waals surface area contributed by atoms with Gasteiger partial charge in [-0.15, -0.1) is 0 Å². The van der Waals surface area contributed by atoms with Crippen molar-refractivity contribution in [2.24, 2.45) is 5.92 Å². The van der Waals surface area contributed by atoms with Gasteiger partial charge in [0.25, 0.3) is 0 Å². The molecule has 0 spiro atoms. The van der Waals surface area contributed by atoms with Crippen LogP contribution in [-0.2, 0) is 9.59 Å². The van der Waals surface area contributed by atoms with Crippen LogP contribution in [0.2, 0.25) is 0 Å². The van der Waals surface area contributed by atoms with Gasteiger partial charge in [0.15, 0.2) is 0 Å². The van der Waals surface area contributed by atoms with Crippen LogP contribution in [-0.4, -0.2) is 18.4 Å². The van der Waals surface area contributed by atoms with E-state index in [4.69, 9.17) is 5.26 Å². The highest BCUT2D eigenvalue weighted by atomic mass is 16.2. The Balaban J connectivity index is 2.45. The first kappa shape index (κ1) is 13.7. The van der Waals surface area contributed by atoms with E-state index in [2.05, 4.69) is 10.6 Å². The Kier molecular flexibility index (Phi) is 4.88. The SMILES string of the molecule is CC(C)C(=O)NCC(=O)Nc1ccc(C#N)cc1. The van der Waals surface area contributed by atoms with Gasteiger partial charge in [0.1, 0.15) is 0 Å². The molecule has 0 radical (unpaired) electrons. The number of anilines is 1. The van der Waals surface area contributed by atoms with E-state index in [-0.39, 0.29) is 24.3 Å². The first-order valence-electron chi connectivity index (χ1n) is 5.60. The van der Waals surface area contributed by atoms with Crippen LogP contribution in [0, 0.1) is 17.2 Å². The molecule has 1 aromatic rings. The predicted octanol–water partition coefficient (Wildman–Crippen LogP) is 1.27. The molecule has 0 saturated heterocycles. The summed E-state index contributed by atoms with van der Waals surface area (Å²) in [5.74, 6) is -0.605. The second-order valence-corrected chi connectivity index (χ2v) is 4.11. The fraction of sp³-hybridized carbons (Fsp3) is 0.308. The summed E-state index contributed by atoms with van der Waals surface area (Å²) in [5.41, 5.74) is 1.12. The quantitative estimate of drug-likeness (QED) is 0.838. The van der Waals surface area contributed by atoms with Crippen LogP contribution in [0.3, 0.4) is 0 Å². The predicted molar refractivity (Wildman–Crippen MR) is 67.6 cm³/mol. The lowest BCUT2D eigenvalue weighted by Crippen LogP contribution is -2.35. The first-order chi connectivity index (χ1) is 8.52. The van der Waals surface area contributed by atoms with Gasteiger partial charge in [0.2, 0.25) is 11.8 Å². The van der Waals surface area contributed by atoms with E-state index in [0.29, 0.717) is 11.3 Å². The van der Waals surface area contributed by atoms with Crippen LogP contribution in [0.4, 0.5) is 5.69 Å². The molecule has 0 bridgehead atoms. The minimum Gasteiger partial charge on any atom is -0.347 e. The van der Waals surface area contributed by atoms with Crippen molar-refractivity contribution < 1.29 is 9.59 Å². The topological polar surface area (TPSA) is 82.0 Å². The van der Waals surface area contributed by atoms with E-state index in [1.54, 1.807) is 38.1 Å². The minimum atomic E-state index is -0.297. The lowest BCUT2D eigenvalue weighted by molar-refractivity contribution is -0.126. The Labute approximate surface area is 106 Å². The Bertz CT molecular complexity index is 472. The number of nitrogens with zero attached hydrogens (tertiary/aromatic N) is 1. The van der Waals surface area contributed by atoms with Gasteiger partial charge in [-0.1, -0.05) is 13.8 Å². The van der Waals surface area contributed by atoms with Gasteiger partial charge in [0, 0.05) is 11.6 Å². The standard InChI is InChI=1S/C13H15N3O2/c1-9(2)13(18)15-8-12(17)16-11-5-3-10(7-14)4-6-11/h3-6,9H,8H2,1-2H3,(H,15,18)(H,16,17). The van der Waals surface area contributed by atoms with E-state index in [9.17, 15) is 9.59 Å². The number of benzene rings is 1. The average molecular weight is 245 g/mol. The maximum absolute atomic E-state index is 11.5. The largest absolute Gasteiger partial charge is 0.347 e. The van der Waals surface area contributed by atoms with Crippen molar-refractivity contribution in [3.63, 3.8) is 0 Å². The number of rotatable bonds is 4. The summed E-state index contributed by atoms with van der Waals surface area (Å²) >= 11 is 0. The average Bonchev–Trinajstić information content (AvgIpc) is 2.36. The van der Waals surface area contributed by atoms with Crippen LogP contribution >= 0.6 is 0 Å². The van der Waals surface area contributed by atoms with Crippen molar-refractivity contribution in [2.45, 2.75) is 13.8 Å². The van der Waals surface area contributed by atoms with Gasteiger partial charge in [-0.25, -0.2) is 0 Å². The number of nitrogens with one attached hydrogen (secondary N) is 2. The lowest BCUT2D eigenvalue weighted by Gasteiger charge is -2.08. The van der Waals surface area contributed by atoms with Gasteiger partial charge in [-0.3, -0.25) is 9.59 Å². The number of amides is 2. The molecule has 0 aliphatic heterocycles. The second-order valence-electron chi connectivity index (χ2n) is 4.11. The van der Waals surface area contributed by atoms with E-state index < -0.39 is 0 Å². The highest BCUT2D eigenvalue weighted by molar-refractivity contribution is 5.94. The zero-order valence-electron chi connectivity index (χ0n) is 10.4. The summed E-state index contributed by atoms with van der Waals surface area (Å²) in [7, 11) is 0. The van der Waals surface area contributed by atoms with Crippen molar-refractivity contribution in [1.29, 1.82) is 5.26 Å². The Morgan fingerprint density at radius 1 is 1.28 bits per heavy atom. The summed E-state index contributed by atoms with van der Waals surface area (Å²) in [4.78, 5) is 22.8. The Morgan fingerprint density at radius 2 is 1.89 bits per heavy atom. The molecule has 1 rings (SSSR count). The summed E-state index contributed by atoms with van der Waals surface area (Å²) in [5, 5.41) is 13.8. The molecule has 5 nitrogen and oxygen atoms in total. The van der Waals surface area contributed by atoms with Crippen molar-refractivity contribution in [1.82, 2.24) is 5.32 Å².